The largest absolute Gasteiger partial charge is 1.00 e. The van der Waals surface area contributed by atoms with Gasteiger partial charge in [0.2, 0.25) is 0 Å². The van der Waals surface area contributed by atoms with E-state index in [0.29, 0.717) is 12.8 Å². The number of carbonyl (C=O) groups is 2. The Morgan fingerprint density at radius 3 is 1.36 bits per heavy atom. The van der Waals surface area contributed by atoms with Gasteiger partial charge in [0, 0.05) is 12.8 Å². The number of carboxylic acid groups (broad SMARTS) is 2. The van der Waals surface area contributed by atoms with E-state index in [9.17, 15) is 9.59 Å². The number of aliphatic carboxylic acids is 2. The molecule has 0 spiro atoms. The van der Waals surface area contributed by atoms with Gasteiger partial charge >= 0.3 is 70.1 Å². The van der Waals surface area contributed by atoms with Gasteiger partial charge < -0.3 is 11.6 Å². The third kappa shape index (κ3) is 15.2. The fraction of sp³-hybridized carbons (Fsp3) is 0.778. The summed E-state index contributed by atoms with van der Waals surface area (Å²) in [5, 5.41) is 16.6. The zero-order valence-corrected chi connectivity index (χ0v) is 13.6. The summed E-state index contributed by atoms with van der Waals surface area (Å²) in [7, 11) is 0. The van der Waals surface area contributed by atoms with Crippen molar-refractivity contribution in [3.8, 4) is 0 Å². The Hall–Kier alpha value is 0.745. The van der Waals surface area contributed by atoms with Crippen molar-refractivity contribution in [2.24, 2.45) is 0 Å². The SMILES string of the molecule is O=C(O)CCCCCCCC(=O)O.[H-].[Rb+]. The Labute approximate surface area is 134 Å². The molecular weight excluding hydrogens is 258 g/mol. The predicted octanol–water partition coefficient (Wildman–Crippen LogP) is -0.997. The molecule has 5 heteroatoms. The van der Waals surface area contributed by atoms with E-state index in [2.05, 4.69) is 0 Å². The van der Waals surface area contributed by atoms with Gasteiger partial charge in [-0.2, -0.15) is 0 Å². The van der Waals surface area contributed by atoms with Crippen LogP contribution in [0.15, 0.2) is 0 Å². The third-order valence-electron chi connectivity index (χ3n) is 1.78. The zero-order chi connectivity index (χ0) is 10.1. The molecule has 0 saturated carbocycles. The maximum atomic E-state index is 10.1. The number of hydrogen-bond acceptors (Lipinski definition) is 2. The molecular formula is C9H17O4Rb. The Bertz CT molecular complexity index is 157. The van der Waals surface area contributed by atoms with Gasteiger partial charge in [0.25, 0.3) is 0 Å². The van der Waals surface area contributed by atoms with E-state index in [0.717, 1.165) is 19.3 Å². The maximum Gasteiger partial charge on any atom is 1.00 e. The van der Waals surface area contributed by atoms with Crippen molar-refractivity contribution in [3.05, 3.63) is 0 Å². The number of carboxylic acids is 2. The smallest absolute Gasteiger partial charge is 1.00 e. The van der Waals surface area contributed by atoms with Crippen LogP contribution in [0.1, 0.15) is 46.4 Å². The fourth-order valence-corrected chi connectivity index (χ4v) is 1.08. The van der Waals surface area contributed by atoms with Crippen molar-refractivity contribution in [1.29, 1.82) is 0 Å². The van der Waals surface area contributed by atoms with Crippen LogP contribution in [0, 0.1) is 0 Å². The Morgan fingerprint density at radius 1 is 0.786 bits per heavy atom. The van der Waals surface area contributed by atoms with Crippen LogP contribution in [0.5, 0.6) is 0 Å². The van der Waals surface area contributed by atoms with Crippen LogP contribution in [0.3, 0.4) is 0 Å². The van der Waals surface area contributed by atoms with Crippen molar-refractivity contribution in [2.45, 2.75) is 44.9 Å². The van der Waals surface area contributed by atoms with Crippen molar-refractivity contribution in [2.75, 3.05) is 0 Å². The first kappa shape index (κ1) is 17.1. The van der Waals surface area contributed by atoms with Crippen LogP contribution in [-0.2, 0) is 9.59 Å². The molecule has 2 N–H and O–H groups in total. The summed E-state index contributed by atoms with van der Waals surface area (Å²) in [4.78, 5) is 20.2. The molecule has 0 aromatic carbocycles. The van der Waals surface area contributed by atoms with Gasteiger partial charge in [0.15, 0.2) is 0 Å². The molecule has 0 aromatic heterocycles. The van der Waals surface area contributed by atoms with Crippen molar-refractivity contribution in [3.63, 3.8) is 0 Å². The quantitative estimate of drug-likeness (QED) is 0.557. The van der Waals surface area contributed by atoms with E-state index in [1.807, 2.05) is 0 Å². The second kappa shape index (κ2) is 11.8. The van der Waals surface area contributed by atoms with Gasteiger partial charge in [-0.1, -0.05) is 19.3 Å². The summed E-state index contributed by atoms with van der Waals surface area (Å²) in [6.07, 6.45) is 4.53. The fourth-order valence-electron chi connectivity index (χ4n) is 1.08. The second-order valence-corrected chi connectivity index (χ2v) is 3.06. The van der Waals surface area contributed by atoms with Gasteiger partial charge in [0.05, 0.1) is 0 Å². The van der Waals surface area contributed by atoms with Gasteiger partial charge in [-0.05, 0) is 12.8 Å². The van der Waals surface area contributed by atoms with Crippen molar-refractivity contribution in [1.82, 2.24) is 0 Å². The standard InChI is InChI=1S/C9H16O4.Rb.H/c10-8(11)6-4-2-1-3-5-7-9(12)13;;/h1-7H2,(H,10,11)(H,12,13);;/q;+1;-1. The molecule has 0 rings (SSSR count). The molecule has 0 radical (unpaired) electrons. The number of hydrogen-bond donors (Lipinski definition) is 2. The zero-order valence-electron chi connectivity index (χ0n) is 9.66. The normalized spacial score (nSPS) is 9.14. The molecule has 0 fully saturated rings. The van der Waals surface area contributed by atoms with E-state index >= 15 is 0 Å². The molecule has 0 aliphatic carbocycles. The third-order valence-corrected chi connectivity index (χ3v) is 1.78. The first-order valence-electron chi connectivity index (χ1n) is 4.56. The van der Waals surface area contributed by atoms with E-state index in [4.69, 9.17) is 10.2 Å². The molecule has 0 aliphatic rings. The van der Waals surface area contributed by atoms with Crippen LogP contribution >= 0.6 is 0 Å². The van der Waals surface area contributed by atoms with Gasteiger partial charge in [-0.25, -0.2) is 0 Å². The summed E-state index contributed by atoms with van der Waals surface area (Å²) < 4.78 is 0. The Morgan fingerprint density at radius 2 is 1.07 bits per heavy atom. The van der Waals surface area contributed by atoms with Gasteiger partial charge in [-0.3, -0.25) is 9.59 Å². The summed E-state index contributed by atoms with van der Waals surface area (Å²) in [6.45, 7) is 0. The van der Waals surface area contributed by atoms with E-state index in [-0.39, 0.29) is 72.5 Å². The minimum atomic E-state index is -0.759. The molecule has 0 unspecified atom stereocenters. The topological polar surface area (TPSA) is 74.6 Å². The van der Waals surface area contributed by atoms with Crippen LogP contribution in [0.4, 0.5) is 0 Å². The predicted molar refractivity (Wildman–Crippen MR) is 48.7 cm³/mol. The summed E-state index contributed by atoms with van der Waals surface area (Å²) in [6, 6.07) is 0. The van der Waals surface area contributed by atoms with Crippen molar-refractivity contribution < 1.29 is 79.4 Å². The van der Waals surface area contributed by atoms with Crippen molar-refractivity contribution >= 4 is 11.9 Å². The summed E-state index contributed by atoms with van der Waals surface area (Å²) in [5.41, 5.74) is 0. The number of rotatable bonds is 8. The van der Waals surface area contributed by atoms with Crippen LogP contribution in [0.25, 0.3) is 0 Å². The van der Waals surface area contributed by atoms with E-state index in [1.54, 1.807) is 0 Å². The number of unbranched alkanes of at least 4 members (excludes halogenated alkanes) is 4. The van der Waals surface area contributed by atoms with Crippen LogP contribution in [-0.4, -0.2) is 22.2 Å². The average molecular weight is 275 g/mol. The minimum Gasteiger partial charge on any atom is -1.00 e. The molecule has 0 saturated heterocycles. The second-order valence-electron chi connectivity index (χ2n) is 3.06. The molecule has 78 valence electrons. The van der Waals surface area contributed by atoms with Crippen LogP contribution in [0.2, 0.25) is 0 Å². The summed E-state index contributed by atoms with van der Waals surface area (Å²) >= 11 is 0. The van der Waals surface area contributed by atoms with Crippen LogP contribution < -0.4 is 58.2 Å². The Kier molecular flexibility index (Phi) is 14.5. The molecule has 0 atom stereocenters. The molecule has 0 heterocycles. The Balaban J connectivity index is -0.000000720. The molecule has 4 nitrogen and oxygen atoms in total. The molecule has 0 aliphatic heterocycles. The van der Waals surface area contributed by atoms with E-state index < -0.39 is 11.9 Å². The first-order chi connectivity index (χ1) is 6.13. The maximum absolute atomic E-state index is 10.1. The van der Waals surface area contributed by atoms with Gasteiger partial charge in [-0.15, -0.1) is 0 Å². The van der Waals surface area contributed by atoms with Gasteiger partial charge in [0.1, 0.15) is 0 Å². The molecule has 14 heavy (non-hydrogen) atoms. The molecule has 0 amide bonds. The minimum absolute atomic E-state index is 0. The van der Waals surface area contributed by atoms with E-state index in [1.165, 1.54) is 0 Å². The monoisotopic (exact) mass is 274 g/mol. The average Bonchev–Trinajstić information content (AvgIpc) is 2.01. The first-order valence-corrected chi connectivity index (χ1v) is 4.56. The summed E-state index contributed by atoms with van der Waals surface area (Å²) in [5.74, 6) is -1.52. The molecule has 0 aromatic rings. The molecule has 0 bridgehead atoms.